The summed E-state index contributed by atoms with van der Waals surface area (Å²) in [6.45, 7) is 2.53. The number of rotatable bonds is 3. The van der Waals surface area contributed by atoms with Gasteiger partial charge in [-0.15, -0.1) is 0 Å². The van der Waals surface area contributed by atoms with Crippen molar-refractivity contribution in [1.82, 2.24) is 14.5 Å². The van der Waals surface area contributed by atoms with Gasteiger partial charge >= 0.3 is 5.97 Å². The highest BCUT2D eigenvalue weighted by atomic mass is 16.4. The van der Waals surface area contributed by atoms with Gasteiger partial charge in [-0.05, 0) is 31.2 Å². The summed E-state index contributed by atoms with van der Waals surface area (Å²) < 4.78 is 1.78. The van der Waals surface area contributed by atoms with Gasteiger partial charge in [0.15, 0.2) is 0 Å². The quantitative estimate of drug-likeness (QED) is 0.792. The largest absolute Gasteiger partial charge is 0.477 e. The molecule has 5 heteroatoms. The maximum atomic E-state index is 11.2. The van der Waals surface area contributed by atoms with Crippen LogP contribution in [-0.2, 0) is 6.54 Å². The number of aromatic nitrogens is 3. The number of nitrogens with zero attached hydrogens (tertiary/aromatic N) is 3. The predicted octanol–water partition coefficient (Wildman–Crippen LogP) is 2.82. The summed E-state index contributed by atoms with van der Waals surface area (Å²) in [4.78, 5) is 19.7. The van der Waals surface area contributed by atoms with Gasteiger partial charge in [0.25, 0.3) is 0 Å². The molecule has 0 saturated heterocycles. The molecule has 0 spiro atoms. The highest BCUT2D eigenvalue weighted by Crippen LogP contribution is 2.25. The Morgan fingerprint density at radius 3 is 2.60 bits per heavy atom. The molecule has 2 aromatic heterocycles. The summed E-state index contributed by atoms with van der Waals surface area (Å²) in [6, 6.07) is 9.21. The molecule has 0 bridgehead atoms. The minimum absolute atomic E-state index is 0.293. The second-order valence-corrected chi connectivity index (χ2v) is 4.41. The molecule has 0 saturated carbocycles. The average Bonchev–Trinajstić information content (AvgIpc) is 2.90. The van der Waals surface area contributed by atoms with Gasteiger partial charge in [0.1, 0.15) is 5.69 Å². The second kappa shape index (κ2) is 4.77. The summed E-state index contributed by atoms with van der Waals surface area (Å²) in [7, 11) is 0. The molecule has 20 heavy (non-hydrogen) atoms. The van der Waals surface area contributed by atoms with Crippen LogP contribution in [0.2, 0.25) is 0 Å². The number of aromatic carboxylic acids is 1. The van der Waals surface area contributed by atoms with Gasteiger partial charge < -0.3 is 9.67 Å². The van der Waals surface area contributed by atoms with E-state index in [1.165, 1.54) is 0 Å². The number of fused-ring (bicyclic) bond motifs is 1. The minimum atomic E-state index is -0.918. The topological polar surface area (TPSA) is 68.0 Å². The summed E-state index contributed by atoms with van der Waals surface area (Å²) in [5, 5.41) is 9.19. The van der Waals surface area contributed by atoms with E-state index < -0.39 is 5.97 Å². The lowest BCUT2D eigenvalue weighted by Crippen LogP contribution is -2.08. The fraction of sp³-hybridized carbons (Fsp3) is 0.133. The summed E-state index contributed by atoms with van der Waals surface area (Å²) in [5.41, 5.74) is 3.72. The van der Waals surface area contributed by atoms with Crippen molar-refractivity contribution in [3.05, 3.63) is 48.4 Å². The van der Waals surface area contributed by atoms with Crippen LogP contribution in [0.25, 0.3) is 22.3 Å². The SMILES string of the molecule is CCn1c(C(=O)O)ccc1-c1ccc2nccnc2c1. The Labute approximate surface area is 115 Å². The van der Waals surface area contributed by atoms with Crippen LogP contribution in [0.4, 0.5) is 0 Å². The normalized spacial score (nSPS) is 10.8. The molecule has 5 nitrogen and oxygen atoms in total. The molecule has 0 aliphatic rings. The van der Waals surface area contributed by atoms with Gasteiger partial charge in [0, 0.05) is 30.2 Å². The van der Waals surface area contributed by atoms with Crippen LogP contribution in [0, 0.1) is 0 Å². The summed E-state index contributed by atoms with van der Waals surface area (Å²) >= 11 is 0. The fourth-order valence-corrected chi connectivity index (χ4v) is 2.37. The number of carboxylic acids is 1. The van der Waals surface area contributed by atoms with Gasteiger partial charge in [-0.2, -0.15) is 0 Å². The fourth-order valence-electron chi connectivity index (χ4n) is 2.37. The zero-order valence-electron chi connectivity index (χ0n) is 10.9. The molecule has 3 aromatic rings. The van der Waals surface area contributed by atoms with Crippen molar-refractivity contribution in [2.45, 2.75) is 13.5 Å². The number of carboxylic acid groups (broad SMARTS) is 1. The molecule has 0 aliphatic heterocycles. The Hall–Kier alpha value is -2.69. The molecule has 2 heterocycles. The molecule has 1 N–H and O–H groups in total. The van der Waals surface area contributed by atoms with E-state index >= 15 is 0 Å². The molecular weight excluding hydrogens is 254 g/mol. The molecule has 3 rings (SSSR count). The zero-order chi connectivity index (χ0) is 14.1. The van der Waals surface area contributed by atoms with Crippen molar-refractivity contribution in [3.63, 3.8) is 0 Å². The van der Waals surface area contributed by atoms with Crippen molar-refractivity contribution in [3.8, 4) is 11.3 Å². The lowest BCUT2D eigenvalue weighted by molar-refractivity contribution is 0.0685. The van der Waals surface area contributed by atoms with E-state index in [-0.39, 0.29) is 0 Å². The summed E-state index contributed by atoms with van der Waals surface area (Å²) in [5.74, 6) is -0.918. The molecular formula is C15H13N3O2. The van der Waals surface area contributed by atoms with E-state index in [2.05, 4.69) is 9.97 Å². The van der Waals surface area contributed by atoms with E-state index in [0.29, 0.717) is 12.2 Å². The van der Waals surface area contributed by atoms with E-state index in [4.69, 9.17) is 0 Å². The first-order valence-corrected chi connectivity index (χ1v) is 6.34. The second-order valence-electron chi connectivity index (χ2n) is 4.41. The van der Waals surface area contributed by atoms with Gasteiger partial charge in [-0.25, -0.2) is 4.79 Å². The highest BCUT2D eigenvalue weighted by molar-refractivity contribution is 5.88. The number of hydrogen-bond acceptors (Lipinski definition) is 3. The van der Waals surface area contributed by atoms with Crippen molar-refractivity contribution in [2.24, 2.45) is 0 Å². The lowest BCUT2D eigenvalue weighted by Gasteiger charge is -2.09. The third kappa shape index (κ3) is 1.93. The highest BCUT2D eigenvalue weighted by Gasteiger charge is 2.14. The van der Waals surface area contributed by atoms with Crippen molar-refractivity contribution in [2.75, 3.05) is 0 Å². The number of hydrogen-bond donors (Lipinski definition) is 1. The van der Waals surface area contributed by atoms with E-state index in [9.17, 15) is 9.90 Å². The van der Waals surface area contributed by atoms with Crippen LogP contribution in [0.15, 0.2) is 42.7 Å². The minimum Gasteiger partial charge on any atom is -0.477 e. The number of carbonyl (C=O) groups is 1. The van der Waals surface area contributed by atoms with Crippen LogP contribution in [-0.4, -0.2) is 25.6 Å². The van der Waals surface area contributed by atoms with Crippen molar-refractivity contribution < 1.29 is 9.90 Å². The standard InChI is InChI=1S/C15H13N3O2/c1-2-18-13(5-6-14(18)15(19)20)10-3-4-11-12(9-10)17-8-7-16-11/h3-9H,2H2,1H3,(H,19,20). The monoisotopic (exact) mass is 267 g/mol. The average molecular weight is 267 g/mol. The van der Waals surface area contributed by atoms with E-state index in [1.54, 1.807) is 23.0 Å². The van der Waals surface area contributed by atoms with Crippen LogP contribution < -0.4 is 0 Å². The van der Waals surface area contributed by atoms with Gasteiger partial charge in [-0.3, -0.25) is 9.97 Å². The first-order valence-electron chi connectivity index (χ1n) is 6.34. The Balaban J connectivity index is 2.18. The smallest absolute Gasteiger partial charge is 0.352 e. The van der Waals surface area contributed by atoms with Crippen molar-refractivity contribution >= 4 is 17.0 Å². The first kappa shape index (κ1) is 12.3. The Morgan fingerprint density at radius 2 is 1.90 bits per heavy atom. The predicted molar refractivity (Wildman–Crippen MR) is 75.6 cm³/mol. The van der Waals surface area contributed by atoms with E-state index in [1.807, 2.05) is 31.2 Å². The molecule has 1 aromatic carbocycles. The molecule has 0 atom stereocenters. The van der Waals surface area contributed by atoms with Gasteiger partial charge in [0.05, 0.1) is 11.0 Å². The maximum absolute atomic E-state index is 11.2. The molecule has 0 unspecified atom stereocenters. The molecule has 0 aliphatic carbocycles. The van der Waals surface area contributed by atoms with Crippen LogP contribution in [0.1, 0.15) is 17.4 Å². The third-order valence-electron chi connectivity index (χ3n) is 3.28. The molecule has 0 radical (unpaired) electrons. The van der Waals surface area contributed by atoms with Crippen LogP contribution in [0.3, 0.4) is 0 Å². The molecule has 0 amide bonds. The molecule has 0 fully saturated rings. The van der Waals surface area contributed by atoms with Gasteiger partial charge in [-0.1, -0.05) is 6.07 Å². The van der Waals surface area contributed by atoms with Crippen LogP contribution in [0.5, 0.6) is 0 Å². The van der Waals surface area contributed by atoms with Gasteiger partial charge in [0.2, 0.25) is 0 Å². The Bertz CT molecular complexity index is 793. The third-order valence-corrected chi connectivity index (χ3v) is 3.28. The van der Waals surface area contributed by atoms with E-state index in [0.717, 1.165) is 22.3 Å². The van der Waals surface area contributed by atoms with Crippen LogP contribution >= 0.6 is 0 Å². The van der Waals surface area contributed by atoms with Crippen molar-refractivity contribution in [1.29, 1.82) is 0 Å². The Kier molecular flexibility index (Phi) is 2.95. The zero-order valence-corrected chi connectivity index (χ0v) is 10.9. The lowest BCUT2D eigenvalue weighted by atomic mass is 10.1. The first-order chi connectivity index (χ1) is 9.70. The maximum Gasteiger partial charge on any atom is 0.352 e. The molecule has 100 valence electrons. The number of benzene rings is 1. The Morgan fingerprint density at radius 1 is 1.15 bits per heavy atom. The summed E-state index contributed by atoms with van der Waals surface area (Å²) in [6.07, 6.45) is 3.30.